The molecule has 7 heteroatoms. The van der Waals surface area contributed by atoms with E-state index in [0.717, 1.165) is 4.88 Å². The van der Waals surface area contributed by atoms with E-state index in [-0.39, 0.29) is 17.1 Å². The zero-order valence-corrected chi connectivity index (χ0v) is 12.8. The number of aromatic amines is 1. The molecule has 0 atom stereocenters. The van der Waals surface area contributed by atoms with Crippen LogP contribution in [0.1, 0.15) is 15.4 Å². The first-order chi connectivity index (χ1) is 10.1. The highest BCUT2D eigenvalue weighted by atomic mass is 35.5. The summed E-state index contributed by atoms with van der Waals surface area (Å²) in [5, 5.41) is 2.43. The summed E-state index contributed by atoms with van der Waals surface area (Å²) in [7, 11) is 0. The molecule has 1 N–H and O–H groups in total. The van der Waals surface area contributed by atoms with Gasteiger partial charge >= 0.3 is 0 Å². The number of halogens is 1. The van der Waals surface area contributed by atoms with Crippen molar-refractivity contribution < 1.29 is 9.21 Å². The van der Waals surface area contributed by atoms with Gasteiger partial charge in [-0.25, -0.2) is 0 Å². The van der Waals surface area contributed by atoms with Crippen molar-refractivity contribution in [3.63, 3.8) is 0 Å². The van der Waals surface area contributed by atoms with E-state index in [1.54, 1.807) is 29.7 Å². The number of ketones is 1. The van der Waals surface area contributed by atoms with E-state index < -0.39 is 0 Å². The van der Waals surface area contributed by atoms with Crippen LogP contribution in [0.3, 0.4) is 0 Å². The fraction of sp³-hybridized carbons (Fsp3) is 0. The number of aromatic nitrogens is 1. The maximum Gasteiger partial charge on any atom is 0.266 e. The summed E-state index contributed by atoms with van der Waals surface area (Å²) in [6.07, 6.45) is 4.52. The topological polar surface area (TPSA) is 63.1 Å². The third kappa shape index (κ3) is 3.24. The first-order valence-electron chi connectivity index (χ1n) is 5.86. The van der Waals surface area contributed by atoms with Gasteiger partial charge in [-0.3, -0.25) is 9.59 Å². The molecule has 3 heterocycles. The minimum absolute atomic E-state index is 0.233. The number of rotatable bonds is 3. The van der Waals surface area contributed by atoms with E-state index in [2.05, 4.69) is 4.98 Å². The molecule has 3 rings (SSSR count). The number of nitrogens with one attached hydrogen (secondary N) is 1. The highest BCUT2D eigenvalue weighted by Crippen LogP contribution is 2.19. The van der Waals surface area contributed by atoms with Crippen LogP contribution in [0, 0.1) is 0 Å². The quantitative estimate of drug-likeness (QED) is 0.745. The summed E-state index contributed by atoms with van der Waals surface area (Å²) < 4.78 is 6.02. The van der Waals surface area contributed by atoms with Crippen molar-refractivity contribution in [2.45, 2.75) is 0 Å². The Kier molecular flexibility index (Phi) is 3.92. The molecule has 0 fully saturated rings. The summed E-state index contributed by atoms with van der Waals surface area (Å²) in [6, 6.07) is 4.99. The van der Waals surface area contributed by atoms with E-state index in [1.807, 2.05) is 0 Å². The van der Waals surface area contributed by atoms with Crippen LogP contribution in [0.15, 0.2) is 39.1 Å². The number of thiophene rings is 1. The van der Waals surface area contributed by atoms with Crippen LogP contribution in [0.4, 0.5) is 0 Å². The molecule has 0 radical (unpaired) electrons. The molecule has 0 saturated carbocycles. The minimum Gasteiger partial charge on any atom is -0.461 e. The Balaban J connectivity index is 2.00. The molecule has 106 valence electrons. The molecule has 3 aromatic heterocycles. The van der Waals surface area contributed by atoms with E-state index in [9.17, 15) is 9.59 Å². The number of hydrogen-bond donors (Lipinski definition) is 1. The molecular formula is C14H8ClNO3S2. The third-order valence-corrected chi connectivity index (χ3v) is 4.76. The Bertz CT molecular complexity index is 947. The first kappa shape index (κ1) is 14.1. The maximum absolute atomic E-state index is 11.9. The smallest absolute Gasteiger partial charge is 0.266 e. The largest absolute Gasteiger partial charge is 0.461 e. The summed E-state index contributed by atoms with van der Waals surface area (Å²) in [5.74, 6) is -0.0527. The van der Waals surface area contributed by atoms with Gasteiger partial charge < -0.3 is 9.40 Å². The zero-order valence-electron chi connectivity index (χ0n) is 10.5. The number of Topliss-reactive ketones (excluding diaryl/α,β-unsaturated/α-hetero) is 1. The lowest BCUT2D eigenvalue weighted by atomic mass is 10.3. The van der Waals surface area contributed by atoms with Gasteiger partial charge in [0.05, 0.1) is 20.5 Å². The van der Waals surface area contributed by atoms with Gasteiger partial charge in [-0.2, -0.15) is 0 Å². The van der Waals surface area contributed by atoms with Gasteiger partial charge in [0, 0.05) is 16.3 Å². The Hall–Kier alpha value is -1.89. The lowest BCUT2D eigenvalue weighted by molar-refractivity contribution is 0.103. The highest BCUT2D eigenvalue weighted by molar-refractivity contribution is 7.12. The molecule has 0 aliphatic carbocycles. The molecular weight excluding hydrogens is 330 g/mol. The number of hydrogen-bond acceptors (Lipinski definition) is 5. The lowest BCUT2D eigenvalue weighted by Gasteiger charge is -1.84. The molecule has 0 bridgehead atoms. The second kappa shape index (κ2) is 5.85. The van der Waals surface area contributed by atoms with Gasteiger partial charge in [0.25, 0.3) is 5.56 Å². The average Bonchev–Trinajstić information content (AvgIpc) is 3.14. The third-order valence-electron chi connectivity index (χ3n) is 2.57. The van der Waals surface area contributed by atoms with Gasteiger partial charge in [-0.15, -0.1) is 22.7 Å². The normalized spacial score (nSPS) is 13.0. The SMILES string of the molecule is O=C(/C=c1/[nH]c(=O)/c(=C/c2cc(Cl)cs2)s1)c1ccco1. The molecule has 0 aliphatic rings. The van der Waals surface area contributed by atoms with Crippen molar-refractivity contribution in [2.24, 2.45) is 0 Å². The fourth-order valence-corrected chi connectivity index (χ4v) is 3.63. The van der Waals surface area contributed by atoms with Crippen LogP contribution in [-0.4, -0.2) is 10.8 Å². The molecule has 0 unspecified atom stereocenters. The maximum atomic E-state index is 11.9. The van der Waals surface area contributed by atoms with Crippen LogP contribution in [0.2, 0.25) is 5.02 Å². The van der Waals surface area contributed by atoms with Crippen molar-refractivity contribution in [1.29, 1.82) is 0 Å². The molecule has 0 aliphatic heterocycles. The van der Waals surface area contributed by atoms with Crippen molar-refractivity contribution in [3.05, 3.63) is 65.1 Å². The van der Waals surface area contributed by atoms with E-state index in [0.29, 0.717) is 14.2 Å². The van der Waals surface area contributed by atoms with Gasteiger partial charge in [-0.1, -0.05) is 11.6 Å². The Morgan fingerprint density at radius 2 is 2.29 bits per heavy atom. The van der Waals surface area contributed by atoms with Crippen molar-refractivity contribution in [3.8, 4) is 0 Å². The van der Waals surface area contributed by atoms with Crippen LogP contribution < -0.4 is 14.8 Å². The summed E-state index contributed by atoms with van der Waals surface area (Å²) in [4.78, 5) is 27.3. The zero-order chi connectivity index (χ0) is 14.8. The molecule has 0 spiro atoms. The molecule has 21 heavy (non-hydrogen) atoms. The van der Waals surface area contributed by atoms with Crippen LogP contribution in [-0.2, 0) is 0 Å². The molecule has 0 saturated heterocycles. The van der Waals surface area contributed by atoms with Crippen LogP contribution in [0.25, 0.3) is 12.2 Å². The number of carbonyl (C=O) groups excluding carboxylic acids is 1. The van der Waals surface area contributed by atoms with E-state index in [4.69, 9.17) is 16.0 Å². The van der Waals surface area contributed by atoms with Crippen molar-refractivity contribution >= 4 is 52.2 Å². The minimum atomic E-state index is -0.289. The summed E-state index contributed by atoms with van der Waals surface area (Å²) in [5.41, 5.74) is -0.233. The van der Waals surface area contributed by atoms with Gasteiger partial charge in [0.2, 0.25) is 5.78 Å². The van der Waals surface area contributed by atoms with Gasteiger partial charge in [-0.05, 0) is 24.3 Å². The lowest BCUT2D eigenvalue weighted by Crippen LogP contribution is -2.19. The Morgan fingerprint density at radius 3 is 2.95 bits per heavy atom. The summed E-state index contributed by atoms with van der Waals surface area (Å²) in [6.45, 7) is 0. The molecule has 3 aromatic rings. The number of H-pyrrole nitrogens is 1. The van der Waals surface area contributed by atoms with Crippen LogP contribution in [0.5, 0.6) is 0 Å². The molecule has 0 aromatic carbocycles. The van der Waals surface area contributed by atoms with E-state index in [1.165, 1.54) is 35.0 Å². The number of thiazole rings is 1. The van der Waals surface area contributed by atoms with E-state index >= 15 is 0 Å². The molecule has 0 amide bonds. The monoisotopic (exact) mass is 337 g/mol. The second-order valence-corrected chi connectivity index (χ2v) is 6.55. The number of furan rings is 1. The predicted octanol–water partition coefficient (Wildman–Crippen LogP) is 2.24. The Labute approximate surface area is 131 Å². The standard InChI is InChI=1S/C14H8ClNO3S2/c15-8-4-9(20-7-8)5-12-14(18)16-13(21-12)6-10(17)11-2-1-3-19-11/h1-7H,(H,16,18)/b12-5-,13-6-. The number of carbonyl (C=O) groups is 1. The van der Waals surface area contributed by atoms with Crippen molar-refractivity contribution in [1.82, 2.24) is 4.98 Å². The molecule has 4 nitrogen and oxygen atoms in total. The highest BCUT2D eigenvalue weighted by Gasteiger charge is 2.05. The summed E-state index contributed by atoms with van der Waals surface area (Å²) >= 11 is 8.50. The van der Waals surface area contributed by atoms with Crippen LogP contribution >= 0.6 is 34.3 Å². The first-order valence-corrected chi connectivity index (χ1v) is 7.94. The fourth-order valence-electron chi connectivity index (χ4n) is 1.67. The predicted molar refractivity (Wildman–Crippen MR) is 84.6 cm³/mol. The van der Waals surface area contributed by atoms with Gasteiger partial charge in [0.15, 0.2) is 5.76 Å². The van der Waals surface area contributed by atoms with Crippen molar-refractivity contribution in [2.75, 3.05) is 0 Å². The Morgan fingerprint density at radius 1 is 1.43 bits per heavy atom. The average molecular weight is 338 g/mol. The second-order valence-electron chi connectivity index (χ2n) is 4.08. The van der Waals surface area contributed by atoms with Gasteiger partial charge in [0.1, 0.15) is 0 Å².